The molecule has 1 atom stereocenters. The topological polar surface area (TPSA) is 88.0 Å². The number of hydrogen-bond acceptors (Lipinski definition) is 4. The highest BCUT2D eigenvalue weighted by molar-refractivity contribution is 6.20. The predicted octanol–water partition coefficient (Wildman–Crippen LogP) is 1.73. The summed E-state index contributed by atoms with van der Waals surface area (Å²) in [4.78, 5) is 15.2. The zero-order valence-corrected chi connectivity index (χ0v) is 12.5. The van der Waals surface area contributed by atoms with Crippen LogP contribution in [0.25, 0.3) is 11.2 Å². The van der Waals surface area contributed by atoms with Gasteiger partial charge in [0.1, 0.15) is 17.9 Å². The fourth-order valence-electron chi connectivity index (χ4n) is 2.26. The number of hydrogen-bond donors (Lipinski definition) is 1. The third-order valence-electron chi connectivity index (χ3n) is 3.07. The van der Waals surface area contributed by atoms with E-state index in [1.807, 2.05) is 25.5 Å². The van der Waals surface area contributed by atoms with Crippen LogP contribution in [0.1, 0.15) is 30.7 Å². The number of carbonyl (C=O) groups excluding carboxylic acids is 1. The van der Waals surface area contributed by atoms with E-state index in [1.54, 1.807) is 4.68 Å². The molecule has 0 spiro atoms. The van der Waals surface area contributed by atoms with E-state index in [2.05, 4.69) is 10.1 Å². The van der Waals surface area contributed by atoms with Crippen molar-refractivity contribution in [2.45, 2.75) is 32.2 Å². The summed E-state index contributed by atoms with van der Waals surface area (Å²) < 4.78 is 8.48. The Morgan fingerprint density at radius 1 is 1.55 bits per heavy atom. The van der Waals surface area contributed by atoms with Crippen molar-refractivity contribution >= 4 is 28.9 Å². The lowest BCUT2D eigenvalue weighted by molar-refractivity contribution is 0.152. The molecule has 110 valence electrons. The van der Waals surface area contributed by atoms with Gasteiger partial charge in [-0.15, -0.1) is 11.6 Å². The molecule has 1 unspecified atom stereocenters. The molecule has 0 fully saturated rings. The van der Waals surface area contributed by atoms with Gasteiger partial charge in [0.2, 0.25) is 0 Å². The Hall–Kier alpha value is -1.76. The number of ether oxygens (including phenoxy) is 1. The van der Waals surface area contributed by atoms with Crippen LogP contribution in [0, 0.1) is 0 Å². The van der Waals surface area contributed by atoms with Crippen LogP contribution in [0.5, 0.6) is 0 Å². The van der Waals surface area contributed by atoms with E-state index in [0.29, 0.717) is 6.54 Å². The Bertz CT molecular complexity index is 631. The van der Waals surface area contributed by atoms with Crippen molar-refractivity contribution in [1.82, 2.24) is 19.3 Å². The molecule has 0 saturated carbocycles. The van der Waals surface area contributed by atoms with Gasteiger partial charge in [0, 0.05) is 7.05 Å². The molecule has 0 bridgehead atoms. The number of amides is 1. The molecule has 2 N–H and O–H groups in total. The number of halogens is 1. The number of nitrogens with two attached hydrogens (primary N) is 1. The van der Waals surface area contributed by atoms with E-state index < -0.39 is 6.09 Å². The van der Waals surface area contributed by atoms with E-state index in [4.69, 9.17) is 22.1 Å². The van der Waals surface area contributed by atoms with Crippen molar-refractivity contribution in [2.24, 2.45) is 12.8 Å². The molecule has 2 aromatic heterocycles. The first-order valence-corrected chi connectivity index (χ1v) is 6.87. The molecule has 20 heavy (non-hydrogen) atoms. The summed E-state index contributed by atoms with van der Waals surface area (Å²) in [6.45, 7) is 4.49. The summed E-state index contributed by atoms with van der Waals surface area (Å²) in [6, 6.07) is 0. The summed E-state index contributed by atoms with van der Waals surface area (Å²) in [5.41, 5.74) is 7.61. The summed E-state index contributed by atoms with van der Waals surface area (Å²) in [5, 5.41) is 4.18. The maximum Gasteiger partial charge on any atom is 0.404 e. The highest BCUT2D eigenvalue weighted by Gasteiger charge is 2.20. The molecule has 2 rings (SSSR count). The number of fused-ring (bicyclic) bond motifs is 1. The van der Waals surface area contributed by atoms with Crippen molar-refractivity contribution < 1.29 is 9.53 Å². The molecule has 0 aliphatic carbocycles. The van der Waals surface area contributed by atoms with Crippen molar-refractivity contribution in [3.63, 3.8) is 0 Å². The van der Waals surface area contributed by atoms with E-state index in [-0.39, 0.29) is 12.0 Å². The fourth-order valence-corrected chi connectivity index (χ4v) is 2.42. The van der Waals surface area contributed by atoms with Gasteiger partial charge in [0.25, 0.3) is 0 Å². The minimum absolute atomic E-state index is 0.171. The van der Waals surface area contributed by atoms with Crippen molar-refractivity contribution in [1.29, 1.82) is 0 Å². The Morgan fingerprint density at radius 2 is 2.25 bits per heavy atom. The van der Waals surface area contributed by atoms with Crippen LogP contribution in [0.15, 0.2) is 0 Å². The third-order valence-corrected chi connectivity index (χ3v) is 3.27. The normalized spacial score (nSPS) is 12.8. The average Bonchev–Trinajstić information content (AvgIpc) is 2.88. The molecule has 7 nitrogen and oxygen atoms in total. The summed E-state index contributed by atoms with van der Waals surface area (Å²) in [7, 11) is 1.86. The molecule has 0 saturated heterocycles. The Balaban J connectivity index is 2.45. The standard InChI is InChI=1S/C12H18ClN5O2/c1-4-8-9-11(17(3)16-8)18(5-6-20-12(14)19)10(15-9)7(2)13/h7H,4-6H2,1-3H3,(H2,14,19). The second kappa shape index (κ2) is 5.70. The first kappa shape index (κ1) is 14.6. The number of alkyl halides is 1. The Kier molecular flexibility index (Phi) is 4.17. The minimum atomic E-state index is -0.791. The van der Waals surface area contributed by atoms with Gasteiger partial charge in [-0.25, -0.2) is 9.78 Å². The minimum Gasteiger partial charge on any atom is -0.448 e. The number of primary amides is 1. The van der Waals surface area contributed by atoms with Crippen molar-refractivity contribution in [2.75, 3.05) is 6.61 Å². The number of carbonyl (C=O) groups is 1. The zero-order chi connectivity index (χ0) is 14.9. The van der Waals surface area contributed by atoms with Crippen LogP contribution >= 0.6 is 11.6 Å². The lowest BCUT2D eigenvalue weighted by atomic mass is 10.3. The molecule has 1 amide bonds. The molecule has 2 heterocycles. The smallest absolute Gasteiger partial charge is 0.404 e. The van der Waals surface area contributed by atoms with Crippen LogP contribution in [-0.2, 0) is 24.8 Å². The average molecular weight is 300 g/mol. The van der Waals surface area contributed by atoms with Crippen LogP contribution < -0.4 is 5.73 Å². The molecule has 2 aromatic rings. The third kappa shape index (κ3) is 2.58. The second-order valence-corrected chi connectivity index (χ2v) is 5.16. The van der Waals surface area contributed by atoms with E-state index in [9.17, 15) is 4.79 Å². The largest absolute Gasteiger partial charge is 0.448 e. The summed E-state index contributed by atoms with van der Waals surface area (Å²) in [5.74, 6) is 0.734. The maximum atomic E-state index is 10.7. The number of aryl methyl sites for hydroxylation is 2. The fraction of sp³-hybridized carbons (Fsp3) is 0.583. The SMILES string of the molecule is CCc1nn(C)c2c1nc(C(C)Cl)n2CCOC(N)=O. The lowest BCUT2D eigenvalue weighted by Gasteiger charge is -2.10. The quantitative estimate of drug-likeness (QED) is 0.852. The van der Waals surface area contributed by atoms with Gasteiger partial charge >= 0.3 is 6.09 Å². The van der Waals surface area contributed by atoms with Gasteiger partial charge in [-0.05, 0) is 13.3 Å². The molecule has 8 heteroatoms. The van der Waals surface area contributed by atoms with Crippen LogP contribution in [-0.4, -0.2) is 32.0 Å². The molecule has 0 radical (unpaired) electrons. The lowest BCUT2D eigenvalue weighted by Crippen LogP contribution is -2.18. The highest BCUT2D eigenvalue weighted by atomic mass is 35.5. The second-order valence-electron chi connectivity index (χ2n) is 4.50. The molecular formula is C12H18ClN5O2. The number of nitrogens with zero attached hydrogens (tertiary/aromatic N) is 4. The van der Waals surface area contributed by atoms with Gasteiger partial charge < -0.3 is 15.0 Å². The highest BCUT2D eigenvalue weighted by Crippen LogP contribution is 2.26. The van der Waals surface area contributed by atoms with Gasteiger partial charge in [-0.2, -0.15) is 5.10 Å². The first-order valence-electron chi connectivity index (χ1n) is 6.44. The van der Waals surface area contributed by atoms with E-state index in [0.717, 1.165) is 29.1 Å². The zero-order valence-electron chi connectivity index (χ0n) is 11.8. The van der Waals surface area contributed by atoms with Gasteiger partial charge in [-0.1, -0.05) is 6.92 Å². The van der Waals surface area contributed by atoms with Crippen LogP contribution in [0.2, 0.25) is 0 Å². The molecule has 0 aliphatic heterocycles. The Labute approximate surface area is 121 Å². The van der Waals surface area contributed by atoms with Crippen molar-refractivity contribution in [3.05, 3.63) is 11.5 Å². The van der Waals surface area contributed by atoms with Crippen LogP contribution in [0.4, 0.5) is 4.79 Å². The van der Waals surface area contributed by atoms with Crippen molar-refractivity contribution in [3.8, 4) is 0 Å². The maximum absolute atomic E-state index is 10.7. The first-order chi connectivity index (χ1) is 9.45. The van der Waals surface area contributed by atoms with E-state index in [1.165, 1.54) is 0 Å². The molecular weight excluding hydrogens is 282 g/mol. The van der Waals surface area contributed by atoms with Gasteiger partial charge in [0.05, 0.1) is 17.6 Å². The number of rotatable bonds is 5. The monoisotopic (exact) mass is 299 g/mol. The predicted molar refractivity (Wildman–Crippen MR) is 75.7 cm³/mol. The van der Waals surface area contributed by atoms with Gasteiger partial charge in [0.15, 0.2) is 5.65 Å². The van der Waals surface area contributed by atoms with E-state index >= 15 is 0 Å². The summed E-state index contributed by atoms with van der Waals surface area (Å²) >= 11 is 6.18. The summed E-state index contributed by atoms with van der Waals surface area (Å²) in [6.07, 6.45) is 0.00323. The molecule has 0 aromatic carbocycles. The number of imidazole rings is 1. The number of aromatic nitrogens is 4. The Morgan fingerprint density at radius 3 is 2.80 bits per heavy atom. The van der Waals surface area contributed by atoms with Gasteiger partial charge in [-0.3, -0.25) is 4.68 Å². The molecule has 0 aliphatic rings. The van der Waals surface area contributed by atoms with Crippen LogP contribution in [0.3, 0.4) is 0 Å².